The Labute approximate surface area is 110 Å². The summed E-state index contributed by atoms with van der Waals surface area (Å²) in [6.07, 6.45) is 5.59. The molecule has 2 aromatic rings. The Morgan fingerprint density at radius 3 is 2.89 bits per heavy atom. The number of amides is 1. The quantitative estimate of drug-likeness (QED) is 0.833. The highest BCUT2D eigenvalue weighted by atomic mass is 35.5. The summed E-state index contributed by atoms with van der Waals surface area (Å²) in [5.41, 5.74) is 0.476. The molecule has 0 spiro atoms. The minimum Gasteiger partial charge on any atom is -0.347 e. The van der Waals surface area contributed by atoms with Crippen LogP contribution in [-0.4, -0.2) is 20.9 Å². The summed E-state index contributed by atoms with van der Waals surface area (Å²) in [4.78, 5) is 23.0. The van der Waals surface area contributed by atoms with E-state index >= 15 is 0 Å². The van der Waals surface area contributed by atoms with E-state index in [-0.39, 0.29) is 11.9 Å². The van der Waals surface area contributed by atoms with Crippen molar-refractivity contribution in [3.8, 4) is 0 Å². The first kappa shape index (κ1) is 12.6. The van der Waals surface area contributed by atoms with Crippen LogP contribution < -0.4 is 5.32 Å². The number of hydrogen-bond donors (Lipinski definition) is 2. The Bertz CT molecular complexity index is 509. The topological polar surface area (TPSA) is 70.7 Å². The summed E-state index contributed by atoms with van der Waals surface area (Å²) in [6, 6.07) is 3.09. The zero-order valence-electron chi connectivity index (χ0n) is 9.85. The van der Waals surface area contributed by atoms with Crippen LogP contribution in [0.15, 0.2) is 30.7 Å². The van der Waals surface area contributed by atoms with Crippen molar-refractivity contribution < 1.29 is 4.79 Å². The van der Waals surface area contributed by atoms with Crippen LogP contribution in [0, 0.1) is 0 Å². The second-order valence-corrected chi connectivity index (χ2v) is 4.17. The summed E-state index contributed by atoms with van der Waals surface area (Å²) in [5.74, 6) is 0.551. The molecule has 0 aliphatic rings. The van der Waals surface area contributed by atoms with Crippen molar-refractivity contribution in [3.05, 3.63) is 47.3 Å². The summed E-state index contributed by atoms with van der Waals surface area (Å²) >= 11 is 5.67. The van der Waals surface area contributed by atoms with Gasteiger partial charge in [0.2, 0.25) is 0 Å². The van der Waals surface area contributed by atoms with Crippen LogP contribution in [0.2, 0.25) is 5.15 Å². The molecule has 0 saturated heterocycles. The summed E-state index contributed by atoms with van der Waals surface area (Å²) < 4.78 is 0. The van der Waals surface area contributed by atoms with E-state index in [4.69, 9.17) is 11.6 Å². The smallest absolute Gasteiger partial charge is 0.253 e. The van der Waals surface area contributed by atoms with Crippen molar-refractivity contribution in [2.75, 3.05) is 0 Å². The van der Waals surface area contributed by atoms with E-state index in [9.17, 15) is 4.79 Å². The first-order chi connectivity index (χ1) is 8.70. The molecule has 0 bridgehead atoms. The molecule has 0 aliphatic carbocycles. The summed E-state index contributed by atoms with van der Waals surface area (Å²) in [5, 5.41) is 3.25. The van der Waals surface area contributed by atoms with Gasteiger partial charge in [-0.05, 0) is 18.6 Å². The lowest BCUT2D eigenvalue weighted by molar-refractivity contribution is 0.0933. The van der Waals surface area contributed by atoms with E-state index in [2.05, 4.69) is 20.3 Å². The highest BCUT2D eigenvalue weighted by Gasteiger charge is 2.15. The number of imidazole rings is 1. The highest BCUT2D eigenvalue weighted by molar-refractivity contribution is 6.29. The van der Waals surface area contributed by atoms with Crippen LogP contribution in [0.1, 0.15) is 35.6 Å². The number of H-pyrrole nitrogens is 1. The summed E-state index contributed by atoms with van der Waals surface area (Å²) in [6.45, 7) is 1.98. The number of pyridine rings is 1. The fourth-order valence-corrected chi connectivity index (χ4v) is 1.70. The molecule has 2 heterocycles. The maximum absolute atomic E-state index is 12.0. The Kier molecular flexibility index (Phi) is 3.94. The Balaban J connectivity index is 2.08. The highest BCUT2D eigenvalue weighted by Crippen LogP contribution is 2.13. The fraction of sp³-hybridized carbons (Fsp3) is 0.250. The SMILES string of the molecule is CCC(NC(=O)c1ccc(Cl)nc1)c1ncc[nH]1. The predicted octanol–water partition coefficient (Wildman–Crippen LogP) is 2.34. The number of nitrogens with one attached hydrogen (secondary N) is 2. The monoisotopic (exact) mass is 264 g/mol. The van der Waals surface area contributed by atoms with Gasteiger partial charge in [0.1, 0.15) is 11.0 Å². The van der Waals surface area contributed by atoms with E-state index in [1.165, 1.54) is 6.20 Å². The first-order valence-electron chi connectivity index (χ1n) is 5.62. The largest absolute Gasteiger partial charge is 0.347 e. The molecule has 0 radical (unpaired) electrons. The van der Waals surface area contributed by atoms with Crippen molar-refractivity contribution >= 4 is 17.5 Å². The fourth-order valence-electron chi connectivity index (χ4n) is 1.58. The molecule has 1 amide bonds. The van der Waals surface area contributed by atoms with Gasteiger partial charge in [0, 0.05) is 18.6 Å². The predicted molar refractivity (Wildman–Crippen MR) is 68.3 cm³/mol. The second kappa shape index (κ2) is 5.64. The number of hydrogen-bond acceptors (Lipinski definition) is 3. The molecule has 1 atom stereocenters. The van der Waals surface area contributed by atoms with Crippen LogP contribution in [0.5, 0.6) is 0 Å². The van der Waals surface area contributed by atoms with Crippen LogP contribution in [0.3, 0.4) is 0 Å². The summed E-state index contributed by atoms with van der Waals surface area (Å²) in [7, 11) is 0. The van der Waals surface area contributed by atoms with Gasteiger partial charge in [-0.2, -0.15) is 0 Å². The van der Waals surface area contributed by atoms with Crippen molar-refractivity contribution in [3.63, 3.8) is 0 Å². The van der Waals surface area contributed by atoms with Crippen molar-refractivity contribution in [2.24, 2.45) is 0 Å². The molecule has 0 aliphatic heterocycles. The number of halogens is 1. The molecule has 5 nitrogen and oxygen atoms in total. The number of nitrogens with zero attached hydrogens (tertiary/aromatic N) is 2. The molecule has 6 heteroatoms. The van der Waals surface area contributed by atoms with Crippen molar-refractivity contribution in [2.45, 2.75) is 19.4 Å². The van der Waals surface area contributed by atoms with Crippen molar-refractivity contribution in [1.29, 1.82) is 0 Å². The Morgan fingerprint density at radius 2 is 2.33 bits per heavy atom. The average Bonchev–Trinajstić information content (AvgIpc) is 2.90. The zero-order valence-corrected chi connectivity index (χ0v) is 10.6. The van der Waals surface area contributed by atoms with E-state index < -0.39 is 0 Å². The Morgan fingerprint density at radius 1 is 1.50 bits per heavy atom. The molecule has 1 unspecified atom stereocenters. The van der Waals surface area contributed by atoms with Gasteiger partial charge in [-0.3, -0.25) is 4.79 Å². The van der Waals surface area contributed by atoms with Gasteiger partial charge < -0.3 is 10.3 Å². The van der Waals surface area contributed by atoms with Gasteiger partial charge in [0.05, 0.1) is 11.6 Å². The lowest BCUT2D eigenvalue weighted by atomic mass is 10.2. The van der Waals surface area contributed by atoms with E-state index in [0.717, 1.165) is 12.2 Å². The molecule has 0 saturated carbocycles. The first-order valence-corrected chi connectivity index (χ1v) is 6.00. The molecule has 0 aromatic carbocycles. The number of aromatic amines is 1. The third-order valence-corrected chi connectivity index (χ3v) is 2.78. The Hall–Kier alpha value is -1.88. The van der Waals surface area contributed by atoms with Gasteiger partial charge >= 0.3 is 0 Å². The number of aromatic nitrogens is 3. The van der Waals surface area contributed by atoms with Crippen LogP contribution in [-0.2, 0) is 0 Å². The van der Waals surface area contributed by atoms with Gasteiger partial charge in [-0.25, -0.2) is 9.97 Å². The molecular formula is C12H13ClN4O. The minimum atomic E-state index is -0.192. The minimum absolute atomic E-state index is 0.136. The second-order valence-electron chi connectivity index (χ2n) is 3.78. The molecule has 2 rings (SSSR count). The normalized spacial score (nSPS) is 12.1. The molecule has 94 valence electrons. The number of carbonyl (C=O) groups excluding carboxylic acids is 1. The number of carbonyl (C=O) groups is 1. The molecular weight excluding hydrogens is 252 g/mol. The van der Waals surface area contributed by atoms with E-state index in [0.29, 0.717) is 10.7 Å². The van der Waals surface area contributed by atoms with Gasteiger partial charge in [-0.15, -0.1) is 0 Å². The third kappa shape index (κ3) is 2.87. The molecule has 0 fully saturated rings. The number of rotatable bonds is 4. The molecule has 2 N–H and O–H groups in total. The third-order valence-electron chi connectivity index (χ3n) is 2.55. The van der Waals surface area contributed by atoms with Gasteiger partial charge in [0.15, 0.2) is 0 Å². The average molecular weight is 265 g/mol. The van der Waals surface area contributed by atoms with E-state index in [1.54, 1.807) is 24.5 Å². The van der Waals surface area contributed by atoms with Gasteiger partial charge in [-0.1, -0.05) is 18.5 Å². The molecule has 2 aromatic heterocycles. The maximum atomic E-state index is 12.0. The standard InChI is InChI=1S/C12H13ClN4O/c1-2-9(11-14-5-6-15-11)17-12(18)8-3-4-10(13)16-7-8/h3-7,9H,2H2,1H3,(H,14,15)(H,17,18). The van der Waals surface area contributed by atoms with Crippen LogP contribution in [0.4, 0.5) is 0 Å². The van der Waals surface area contributed by atoms with Gasteiger partial charge in [0.25, 0.3) is 5.91 Å². The van der Waals surface area contributed by atoms with Crippen LogP contribution >= 0.6 is 11.6 Å². The van der Waals surface area contributed by atoms with Crippen LogP contribution in [0.25, 0.3) is 0 Å². The zero-order chi connectivity index (χ0) is 13.0. The van der Waals surface area contributed by atoms with Crippen molar-refractivity contribution in [1.82, 2.24) is 20.3 Å². The lowest BCUT2D eigenvalue weighted by Crippen LogP contribution is -2.28. The maximum Gasteiger partial charge on any atom is 0.253 e. The molecule has 18 heavy (non-hydrogen) atoms. The van der Waals surface area contributed by atoms with E-state index in [1.807, 2.05) is 6.92 Å². The lowest BCUT2D eigenvalue weighted by Gasteiger charge is -2.14.